The van der Waals surface area contributed by atoms with E-state index in [1.807, 2.05) is 42.3 Å². The van der Waals surface area contributed by atoms with Gasteiger partial charge in [0.1, 0.15) is 11.9 Å². The van der Waals surface area contributed by atoms with Crippen molar-refractivity contribution in [3.8, 4) is 6.07 Å². The second kappa shape index (κ2) is 11.6. The van der Waals surface area contributed by atoms with Gasteiger partial charge in [0, 0.05) is 49.2 Å². The van der Waals surface area contributed by atoms with Crippen LogP contribution in [0.25, 0.3) is 10.9 Å². The predicted molar refractivity (Wildman–Crippen MR) is 157 cm³/mol. The summed E-state index contributed by atoms with van der Waals surface area (Å²) in [5.74, 6) is 0.721. The zero-order chi connectivity index (χ0) is 28.2. The molecule has 1 aliphatic heterocycles. The number of anilines is 3. The average molecular weight is 536 g/mol. The van der Waals surface area contributed by atoms with Gasteiger partial charge < -0.3 is 20.4 Å². The summed E-state index contributed by atoms with van der Waals surface area (Å²) in [6.07, 6.45) is 5.59. The van der Waals surface area contributed by atoms with Crippen molar-refractivity contribution in [2.75, 3.05) is 43.9 Å². The first-order valence-electron chi connectivity index (χ1n) is 13.5. The fraction of sp³-hybridized carbons (Fsp3) is 0.290. The standard InChI is InChI=1S/C31H33N7O2/c1-4-37-14-10-22(11-15-37)21-5-7-23(8-6-21)30(39)35-29-19-26(9-13-34-29)36(3)27-17-24-12-16-38(31(40)33-2)28(24)18-25(27)20-32/h5-9,12-13,16-19,22H,4,10-11,14-15H2,1-3H3,(H,33,40)(H,34,35,39). The van der Waals surface area contributed by atoms with Crippen molar-refractivity contribution in [3.05, 3.63) is 83.7 Å². The molecule has 9 heteroatoms. The molecule has 0 spiro atoms. The number of aromatic nitrogens is 2. The Labute approximate surface area is 234 Å². The lowest BCUT2D eigenvalue weighted by Crippen LogP contribution is -2.32. The molecule has 204 valence electrons. The quantitative estimate of drug-likeness (QED) is 0.346. The van der Waals surface area contributed by atoms with Crippen LogP contribution in [0, 0.1) is 11.3 Å². The maximum absolute atomic E-state index is 13.0. The first-order chi connectivity index (χ1) is 19.4. The van der Waals surface area contributed by atoms with Gasteiger partial charge in [-0.3, -0.25) is 9.36 Å². The van der Waals surface area contributed by atoms with Gasteiger partial charge in [0.2, 0.25) is 0 Å². The molecule has 0 unspecified atom stereocenters. The molecular formula is C31H33N7O2. The lowest BCUT2D eigenvalue weighted by molar-refractivity contribution is 0.102. The summed E-state index contributed by atoms with van der Waals surface area (Å²) in [5.41, 5.74) is 4.35. The van der Waals surface area contributed by atoms with Crippen LogP contribution in [0.3, 0.4) is 0 Å². The van der Waals surface area contributed by atoms with E-state index in [-0.39, 0.29) is 11.9 Å². The van der Waals surface area contributed by atoms with Crippen LogP contribution < -0.4 is 15.5 Å². The van der Waals surface area contributed by atoms with Gasteiger partial charge in [0.15, 0.2) is 0 Å². The number of amides is 2. The summed E-state index contributed by atoms with van der Waals surface area (Å²) in [6.45, 7) is 5.53. The third-order valence-corrected chi connectivity index (χ3v) is 7.77. The number of carbonyl (C=O) groups is 2. The van der Waals surface area contributed by atoms with Crippen molar-refractivity contribution in [2.24, 2.45) is 0 Å². The topological polar surface area (TPSA) is 106 Å². The van der Waals surface area contributed by atoms with E-state index < -0.39 is 0 Å². The van der Waals surface area contributed by atoms with Crippen molar-refractivity contribution < 1.29 is 9.59 Å². The summed E-state index contributed by atoms with van der Waals surface area (Å²) >= 11 is 0. The predicted octanol–water partition coefficient (Wildman–Crippen LogP) is 5.31. The molecule has 1 fully saturated rings. The van der Waals surface area contributed by atoms with Crippen molar-refractivity contribution in [2.45, 2.75) is 25.7 Å². The minimum absolute atomic E-state index is 0.227. The summed E-state index contributed by atoms with van der Waals surface area (Å²) in [6, 6.07) is 18.9. The lowest BCUT2D eigenvalue weighted by Gasteiger charge is -2.31. The van der Waals surface area contributed by atoms with Gasteiger partial charge in [-0.05, 0) is 80.4 Å². The van der Waals surface area contributed by atoms with E-state index in [9.17, 15) is 14.9 Å². The van der Waals surface area contributed by atoms with Crippen LogP contribution in [0.4, 0.5) is 22.0 Å². The van der Waals surface area contributed by atoms with Gasteiger partial charge in [0.25, 0.3) is 5.91 Å². The van der Waals surface area contributed by atoms with E-state index >= 15 is 0 Å². The number of benzene rings is 2. The molecule has 2 N–H and O–H groups in total. The summed E-state index contributed by atoms with van der Waals surface area (Å²) in [5, 5.41) is 16.2. The highest BCUT2D eigenvalue weighted by atomic mass is 16.2. The number of hydrogen-bond acceptors (Lipinski definition) is 6. The third-order valence-electron chi connectivity index (χ3n) is 7.77. The Morgan fingerprint density at radius 2 is 1.85 bits per heavy atom. The second-order valence-electron chi connectivity index (χ2n) is 10.0. The highest BCUT2D eigenvalue weighted by molar-refractivity contribution is 6.04. The Bertz CT molecular complexity index is 1580. The van der Waals surface area contributed by atoms with E-state index in [2.05, 4.69) is 45.6 Å². The number of carbonyl (C=O) groups excluding carboxylic acids is 2. The van der Waals surface area contributed by atoms with E-state index in [1.54, 1.807) is 31.6 Å². The summed E-state index contributed by atoms with van der Waals surface area (Å²) < 4.78 is 1.47. The van der Waals surface area contributed by atoms with Crippen LogP contribution in [-0.4, -0.2) is 60.1 Å². The fourth-order valence-electron chi connectivity index (χ4n) is 5.35. The second-order valence-corrected chi connectivity index (χ2v) is 10.0. The van der Waals surface area contributed by atoms with E-state index in [4.69, 9.17) is 0 Å². The molecule has 4 aromatic rings. The Morgan fingerprint density at radius 3 is 2.52 bits per heavy atom. The van der Waals surface area contributed by atoms with Gasteiger partial charge in [-0.2, -0.15) is 5.26 Å². The maximum Gasteiger partial charge on any atom is 0.325 e. The smallest absolute Gasteiger partial charge is 0.325 e. The van der Waals surface area contributed by atoms with Crippen molar-refractivity contribution >= 4 is 40.0 Å². The zero-order valence-electron chi connectivity index (χ0n) is 23.0. The number of hydrogen-bond donors (Lipinski definition) is 2. The normalized spacial score (nSPS) is 14.1. The molecule has 2 aromatic heterocycles. The Balaban J connectivity index is 1.31. The van der Waals surface area contributed by atoms with Gasteiger partial charge in [-0.1, -0.05) is 19.1 Å². The van der Waals surface area contributed by atoms with E-state index in [1.165, 1.54) is 10.1 Å². The van der Waals surface area contributed by atoms with Gasteiger partial charge in [-0.25, -0.2) is 9.78 Å². The molecule has 1 aliphatic rings. The Morgan fingerprint density at radius 1 is 1.10 bits per heavy atom. The number of fused-ring (bicyclic) bond motifs is 1. The lowest BCUT2D eigenvalue weighted by atomic mass is 9.89. The summed E-state index contributed by atoms with van der Waals surface area (Å²) in [4.78, 5) is 33.9. The minimum atomic E-state index is -0.276. The molecule has 1 saturated heterocycles. The molecule has 0 radical (unpaired) electrons. The van der Waals surface area contributed by atoms with Gasteiger partial charge in [-0.15, -0.1) is 0 Å². The number of piperidine rings is 1. The third kappa shape index (κ3) is 5.40. The highest BCUT2D eigenvalue weighted by Crippen LogP contribution is 2.32. The summed E-state index contributed by atoms with van der Waals surface area (Å²) in [7, 11) is 3.41. The van der Waals surface area contributed by atoms with Crippen molar-refractivity contribution in [1.82, 2.24) is 19.8 Å². The fourth-order valence-corrected chi connectivity index (χ4v) is 5.35. The number of nitrogens with zero attached hydrogens (tertiary/aromatic N) is 5. The number of likely N-dealkylation sites (tertiary alicyclic amines) is 1. The molecule has 0 atom stereocenters. The molecule has 5 rings (SSSR count). The number of nitrogens with one attached hydrogen (secondary N) is 2. The first kappa shape index (κ1) is 26.9. The molecule has 0 saturated carbocycles. The SMILES string of the molecule is CCN1CCC(c2ccc(C(=O)Nc3cc(N(C)c4cc5ccn(C(=O)NC)c5cc4C#N)ccn3)cc2)CC1. The number of pyridine rings is 1. The van der Waals surface area contributed by atoms with Crippen LogP contribution in [0.5, 0.6) is 0 Å². The molecule has 40 heavy (non-hydrogen) atoms. The van der Waals surface area contributed by atoms with Crippen molar-refractivity contribution in [1.29, 1.82) is 5.26 Å². The Kier molecular flexibility index (Phi) is 7.80. The molecule has 0 bridgehead atoms. The van der Waals surface area contributed by atoms with Crippen LogP contribution in [-0.2, 0) is 0 Å². The first-order valence-corrected chi connectivity index (χ1v) is 13.5. The van der Waals surface area contributed by atoms with E-state index in [0.717, 1.165) is 43.5 Å². The highest BCUT2D eigenvalue weighted by Gasteiger charge is 2.20. The Hall–Kier alpha value is -4.68. The van der Waals surface area contributed by atoms with Gasteiger partial charge in [0.05, 0.1) is 16.8 Å². The molecule has 3 heterocycles. The van der Waals surface area contributed by atoms with Crippen LogP contribution >= 0.6 is 0 Å². The van der Waals surface area contributed by atoms with Crippen LogP contribution in [0.2, 0.25) is 0 Å². The number of rotatable bonds is 6. The zero-order valence-corrected chi connectivity index (χ0v) is 23.0. The minimum Gasteiger partial charge on any atom is -0.343 e. The molecule has 9 nitrogen and oxygen atoms in total. The molecule has 0 aliphatic carbocycles. The molecular weight excluding hydrogens is 502 g/mol. The molecule has 2 aromatic carbocycles. The molecule has 2 amide bonds. The number of nitriles is 1. The monoisotopic (exact) mass is 535 g/mol. The average Bonchev–Trinajstić information content (AvgIpc) is 3.42. The van der Waals surface area contributed by atoms with Crippen LogP contribution in [0.1, 0.15) is 47.2 Å². The van der Waals surface area contributed by atoms with Crippen LogP contribution in [0.15, 0.2) is 67.0 Å². The van der Waals surface area contributed by atoms with Gasteiger partial charge >= 0.3 is 6.03 Å². The maximum atomic E-state index is 13.0. The van der Waals surface area contributed by atoms with Crippen molar-refractivity contribution in [3.63, 3.8) is 0 Å². The van der Waals surface area contributed by atoms with E-state index in [0.29, 0.717) is 34.1 Å². The largest absolute Gasteiger partial charge is 0.343 e.